The summed E-state index contributed by atoms with van der Waals surface area (Å²) in [6.07, 6.45) is -4.51. The minimum atomic E-state index is -4.51. The summed E-state index contributed by atoms with van der Waals surface area (Å²) >= 11 is 0. The van der Waals surface area contributed by atoms with Crippen LogP contribution in [0.5, 0.6) is 0 Å². The molecule has 0 fully saturated rings. The molecule has 2 nitrogen and oxygen atoms in total. The van der Waals surface area contributed by atoms with E-state index in [0.29, 0.717) is 5.56 Å². The Hall–Kier alpha value is -1.52. The van der Waals surface area contributed by atoms with Gasteiger partial charge in [0.25, 0.3) is 5.91 Å². The number of benzene rings is 1. The average Bonchev–Trinajstić information content (AvgIpc) is 2.15. The molecule has 1 aromatic carbocycles. The maximum absolute atomic E-state index is 12.5. The van der Waals surface area contributed by atoms with Gasteiger partial charge in [-0.25, -0.2) is 0 Å². The highest BCUT2D eigenvalue weighted by Crippen LogP contribution is 2.32. The molecule has 0 aromatic heterocycles. The van der Waals surface area contributed by atoms with Crippen molar-refractivity contribution in [2.45, 2.75) is 13.1 Å². The van der Waals surface area contributed by atoms with Crippen LogP contribution in [0.2, 0.25) is 0 Å². The predicted molar refractivity (Wildman–Crippen MR) is 49.6 cm³/mol. The van der Waals surface area contributed by atoms with Crippen LogP contribution in [0.4, 0.5) is 13.2 Å². The van der Waals surface area contributed by atoms with E-state index in [-0.39, 0.29) is 5.56 Å². The molecule has 0 aliphatic carbocycles. The van der Waals surface area contributed by atoms with Crippen LogP contribution in [0.25, 0.3) is 0 Å². The van der Waals surface area contributed by atoms with Gasteiger partial charge in [-0.3, -0.25) is 4.79 Å². The summed E-state index contributed by atoms with van der Waals surface area (Å²) in [5.41, 5.74) is -0.785. The van der Waals surface area contributed by atoms with E-state index in [4.69, 9.17) is 0 Å². The van der Waals surface area contributed by atoms with Crippen LogP contribution < -0.4 is 5.32 Å². The third-order valence-electron chi connectivity index (χ3n) is 1.95. The molecule has 0 heterocycles. The molecule has 5 heteroatoms. The van der Waals surface area contributed by atoms with Gasteiger partial charge in [0, 0.05) is 7.05 Å². The van der Waals surface area contributed by atoms with Gasteiger partial charge in [0.2, 0.25) is 0 Å². The first-order chi connectivity index (χ1) is 6.86. The van der Waals surface area contributed by atoms with E-state index in [2.05, 4.69) is 5.32 Å². The third-order valence-corrected chi connectivity index (χ3v) is 1.95. The number of carbonyl (C=O) groups is 1. The van der Waals surface area contributed by atoms with E-state index in [1.807, 2.05) is 0 Å². The number of aryl methyl sites for hydroxylation is 1. The molecule has 1 rings (SSSR count). The van der Waals surface area contributed by atoms with Crippen LogP contribution in [0.15, 0.2) is 18.2 Å². The standard InChI is InChI=1S/C10H10F3NO/c1-6-3-4-7(9(15)14-2)8(5-6)10(11,12)13/h3-5H,1-2H3,(H,14,15). The van der Waals surface area contributed by atoms with Crippen molar-refractivity contribution in [2.75, 3.05) is 7.05 Å². The van der Waals surface area contributed by atoms with Gasteiger partial charge in [-0.1, -0.05) is 11.6 Å². The molecule has 1 amide bonds. The summed E-state index contributed by atoms with van der Waals surface area (Å²) < 4.78 is 37.6. The molecule has 15 heavy (non-hydrogen) atoms. The fraction of sp³-hybridized carbons (Fsp3) is 0.300. The van der Waals surface area contributed by atoms with E-state index < -0.39 is 17.6 Å². The fourth-order valence-corrected chi connectivity index (χ4v) is 1.23. The van der Waals surface area contributed by atoms with Crippen LogP contribution in [-0.2, 0) is 6.18 Å². The lowest BCUT2D eigenvalue weighted by molar-refractivity contribution is -0.138. The number of hydrogen-bond acceptors (Lipinski definition) is 1. The highest BCUT2D eigenvalue weighted by atomic mass is 19.4. The Morgan fingerprint density at radius 2 is 1.93 bits per heavy atom. The maximum Gasteiger partial charge on any atom is 0.417 e. The first kappa shape index (κ1) is 11.6. The Morgan fingerprint density at radius 3 is 2.40 bits per heavy atom. The van der Waals surface area contributed by atoms with Crippen molar-refractivity contribution in [2.24, 2.45) is 0 Å². The second-order valence-electron chi connectivity index (χ2n) is 3.13. The molecule has 0 radical (unpaired) electrons. The van der Waals surface area contributed by atoms with Crippen molar-refractivity contribution in [3.05, 3.63) is 34.9 Å². The van der Waals surface area contributed by atoms with E-state index in [1.54, 1.807) is 6.92 Å². The number of hydrogen-bond donors (Lipinski definition) is 1. The Balaban J connectivity index is 3.33. The Bertz CT molecular complexity index is 385. The van der Waals surface area contributed by atoms with Crippen LogP contribution in [0, 0.1) is 6.92 Å². The molecule has 0 spiro atoms. The monoisotopic (exact) mass is 217 g/mol. The van der Waals surface area contributed by atoms with Gasteiger partial charge in [0.1, 0.15) is 0 Å². The third kappa shape index (κ3) is 2.49. The number of alkyl halides is 3. The van der Waals surface area contributed by atoms with Crippen LogP contribution in [-0.4, -0.2) is 13.0 Å². The highest BCUT2D eigenvalue weighted by molar-refractivity contribution is 5.95. The topological polar surface area (TPSA) is 29.1 Å². The van der Waals surface area contributed by atoms with E-state index >= 15 is 0 Å². The Labute approximate surface area is 85.1 Å². The molecular formula is C10H10F3NO. The average molecular weight is 217 g/mol. The van der Waals surface area contributed by atoms with Crippen LogP contribution in [0.1, 0.15) is 21.5 Å². The lowest BCUT2D eigenvalue weighted by atomic mass is 10.0. The summed E-state index contributed by atoms with van der Waals surface area (Å²) in [7, 11) is 1.29. The Morgan fingerprint density at radius 1 is 1.33 bits per heavy atom. The van der Waals surface area contributed by atoms with Crippen molar-refractivity contribution in [3.8, 4) is 0 Å². The molecular weight excluding hydrogens is 207 g/mol. The molecule has 0 atom stereocenters. The smallest absolute Gasteiger partial charge is 0.355 e. The number of halogens is 3. The fourth-order valence-electron chi connectivity index (χ4n) is 1.23. The van der Waals surface area contributed by atoms with Crippen molar-refractivity contribution >= 4 is 5.91 Å². The second kappa shape index (κ2) is 3.92. The van der Waals surface area contributed by atoms with Gasteiger partial charge in [-0.15, -0.1) is 0 Å². The van der Waals surface area contributed by atoms with Gasteiger partial charge >= 0.3 is 6.18 Å². The zero-order valence-corrected chi connectivity index (χ0v) is 8.27. The molecule has 0 bridgehead atoms. The molecule has 1 aromatic rings. The molecule has 1 N–H and O–H groups in total. The van der Waals surface area contributed by atoms with Crippen LogP contribution in [0.3, 0.4) is 0 Å². The maximum atomic E-state index is 12.5. The van der Waals surface area contributed by atoms with Gasteiger partial charge in [0.05, 0.1) is 11.1 Å². The number of carbonyl (C=O) groups excluding carboxylic acids is 1. The molecule has 0 aliphatic rings. The normalized spacial score (nSPS) is 11.3. The minimum absolute atomic E-state index is 0.351. The summed E-state index contributed by atoms with van der Waals surface area (Å²) in [4.78, 5) is 11.2. The zero-order valence-electron chi connectivity index (χ0n) is 8.27. The van der Waals surface area contributed by atoms with E-state index in [0.717, 1.165) is 6.07 Å². The van der Waals surface area contributed by atoms with Gasteiger partial charge in [-0.2, -0.15) is 13.2 Å². The van der Waals surface area contributed by atoms with Crippen molar-refractivity contribution in [3.63, 3.8) is 0 Å². The van der Waals surface area contributed by atoms with Gasteiger partial charge in [0.15, 0.2) is 0 Å². The number of nitrogens with one attached hydrogen (secondary N) is 1. The van der Waals surface area contributed by atoms with Crippen molar-refractivity contribution in [1.29, 1.82) is 0 Å². The summed E-state index contributed by atoms with van der Waals surface area (Å²) in [6.45, 7) is 1.54. The van der Waals surface area contributed by atoms with Crippen LogP contribution >= 0.6 is 0 Å². The van der Waals surface area contributed by atoms with E-state index in [9.17, 15) is 18.0 Å². The molecule has 0 aliphatic heterocycles. The lowest BCUT2D eigenvalue weighted by Gasteiger charge is -2.12. The highest BCUT2D eigenvalue weighted by Gasteiger charge is 2.34. The molecule has 82 valence electrons. The summed E-state index contributed by atoms with van der Waals surface area (Å²) in [5, 5.41) is 2.17. The SMILES string of the molecule is CNC(=O)c1ccc(C)cc1C(F)(F)F. The molecule has 0 saturated carbocycles. The van der Waals surface area contributed by atoms with E-state index in [1.165, 1.54) is 19.2 Å². The summed E-state index contributed by atoms with van der Waals surface area (Å²) in [6, 6.07) is 3.61. The van der Waals surface area contributed by atoms with Crippen molar-refractivity contribution < 1.29 is 18.0 Å². The Kier molecular flexibility index (Phi) is 3.02. The lowest BCUT2D eigenvalue weighted by Crippen LogP contribution is -2.22. The zero-order chi connectivity index (χ0) is 11.6. The largest absolute Gasteiger partial charge is 0.417 e. The number of amides is 1. The molecule has 0 saturated heterocycles. The number of rotatable bonds is 1. The van der Waals surface area contributed by atoms with Gasteiger partial charge in [-0.05, 0) is 19.1 Å². The first-order valence-corrected chi connectivity index (χ1v) is 4.26. The molecule has 0 unspecified atom stereocenters. The second-order valence-corrected chi connectivity index (χ2v) is 3.13. The first-order valence-electron chi connectivity index (χ1n) is 4.26. The quantitative estimate of drug-likeness (QED) is 0.768. The summed E-state index contributed by atoms with van der Waals surface area (Å²) in [5.74, 6) is -0.734. The van der Waals surface area contributed by atoms with Gasteiger partial charge < -0.3 is 5.32 Å². The van der Waals surface area contributed by atoms with Crippen molar-refractivity contribution in [1.82, 2.24) is 5.32 Å². The minimum Gasteiger partial charge on any atom is -0.355 e. The predicted octanol–water partition coefficient (Wildman–Crippen LogP) is 2.37.